The lowest BCUT2D eigenvalue weighted by molar-refractivity contribution is -0.139. The van der Waals surface area contributed by atoms with E-state index in [1.54, 1.807) is 39.1 Å². The summed E-state index contributed by atoms with van der Waals surface area (Å²) in [5, 5.41) is 3.24. The van der Waals surface area contributed by atoms with Crippen LogP contribution in [0.1, 0.15) is 39.2 Å². The summed E-state index contributed by atoms with van der Waals surface area (Å²) in [6.45, 7) is 5.46. The van der Waals surface area contributed by atoms with Crippen molar-refractivity contribution in [3.05, 3.63) is 30.0 Å². The van der Waals surface area contributed by atoms with E-state index < -0.39 is 45.7 Å². The van der Waals surface area contributed by atoms with Crippen LogP contribution in [0.4, 0.5) is 4.79 Å². The van der Waals surface area contributed by atoms with Crippen LogP contribution in [-0.4, -0.2) is 66.7 Å². The first-order chi connectivity index (χ1) is 15.7. The van der Waals surface area contributed by atoms with Gasteiger partial charge < -0.3 is 29.9 Å². The van der Waals surface area contributed by atoms with Gasteiger partial charge in [-0.25, -0.2) is 4.79 Å². The van der Waals surface area contributed by atoms with Crippen LogP contribution in [0.2, 0.25) is 0 Å². The van der Waals surface area contributed by atoms with Gasteiger partial charge in [0.25, 0.3) is 0 Å². The largest absolute Gasteiger partial charge is 0.444 e. The lowest BCUT2D eigenvalue weighted by Crippen LogP contribution is -2.54. The number of nitrogens with one attached hydrogen (secondary N) is 2. The van der Waals surface area contributed by atoms with Crippen molar-refractivity contribution in [1.29, 1.82) is 0 Å². The predicted molar refractivity (Wildman–Crippen MR) is 125 cm³/mol. The molecule has 34 heavy (non-hydrogen) atoms. The van der Waals surface area contributed by atoms with Crippen LogP contribution in [0.3, 0.4) is 0 Å². The fraction of sp³-hybridized carbons (Fsp3) is 0.500. The Morgan fingerprint density at radius 1 is 1.29 bits per heavy atom. The van der Waals surface area contributed by atoms with Gasteiger partial charge >= 0.3 is 16.2 Å². The molecule has 11 nitrogen and oxygen atoms in total. The van der Waals surface area contributed by atoms with Crippen molar-refractivity contribution < 1.29 is 31.7 Å². The zero-order chi connectivity index (χ0) is 25.3. The standard InChI is InChI=1S/C22H30N4O7S/c1-22(2,3)32-21(29)25-17(20(28)26-9-5-6-18(26)19(23)27)10-13-12-24-16-8-7-14(11-15(13)16)33-34(4,30)31/h7-8,11-12,17-18,24H,5-6,9-10H2,1-4H3,(H2,23,27)(H,25,29). The second kappa shape index (κ2) is 9.53. The van der Waals surface area contributed by atoms with Crippen molar-refractivity contribution in [2.75, 3.05) is 12.8 Å². The molecular weight excluding hydrogens is 464 g/mol. The highest BCUT2D eigenvalue weighted by molar-refractivity contribution is 7.86. The Kier molecular flexibility index (Phi) is 7.10. The second-order valence-corrected chi connectivity index (χ2v) is 10.9. The molecule has 2 atom stereocenters. The zero-order valence-corrected chi connectivity index (χ0v) is 20.4. The Morgan fingerprint density at radius 3 is 2.62 bits per heavy atom. The van der Waals surface area contributed by atoms with Gasteiger partial charge in [-0.15, -0.1) is 0 Å². The van der Waals surface area contributed by atoms with Gasteiger partial charge in [-0.1, -0.05) is 0 Å². The second-order valence-electron chi connectivity index (χ2n) is 9.30. The molecule has 0 aliphatic carbocycles. The Labute approximate surface area is 198 Å². The molecule has 2 aromatic rings. The van der Waals surface area contributed by atoms with Crippen LogP contribution in [-0.2, 0) is 30.9 Å². The highest BCUT2D eigenvalue weighted by Gasteiger charge is 2.37. The molecule has 1 aromatic carbocycles. The van der Waals surface area contributed by atoms with E-state index in [0.717, 1.165) is 6.26 Å². The fourth-order valence-electron chi connectivity index (χ4n) is 3.95. The number of nitrogens with zero attached hydrogens (tertiary/aromatic N) is 1. The maximum atomic E-state index is 13.4. The zero-order valence-electron chi connectivity index (χ0n) is 19.6. The van der Waals surface area contributed by atoms with Crippen molar-refractivity contribution in [2.45, 2.75) is 57.7 Å². The van der Waals surface area contributed by atoms with Gasteiger partial charge in [0.05, 0.1) is 6.26 Å². The van der Waals surface area contributed by atoms with Gasteiger partial charge in [-0.2, -0.15) is 8.42 Å². The first-order valence-electron chi connectivity index (χ1n) is 10.8. The van der Waals surface area contributed by atoms with E-state index in [-0.39, 0.29) is 12.2 Å². The van der Waals surface area contributed by atoms with Gasteiger partial charge in [0, 0.05) is 30.1 Å². The van der Waals surface area contributed by atoms with Crippen molar-refractivity contribution in [1.82, 2.24) is 15.2 Å². The van der Waals surface area contributed by atoms with E-state index >= 15 is 0 Å². The number of primary amides is 1. The van der Waals surface area contributed by atoms with Gasteiger partial charge in [-0.05, 0) is 57.4 Å². The Balaban J connectivity index is 1.92. The first-order valence-corrected chi connectivity index (χ1v) is 12.6. The van der Waals surface area contributed by atoms with Crippen LogP contribution in [0.5, 0.6) is 5.75 Å². The number of hydrogen-bond donors (Lipinski definition) is 3. The van der Waals surface area contributed by atoms with Crippen molar-refractivity contribution in [3.8, 4) is 5.75 Å². The van der Waals surface area contributed by atoms with Gasteiger partial charge in [0.1, 0.15) is 23.4 Å². The molecule has 2 heterocycles. The number of likely N-dealkylation sites (tertiary alicyclic amines) is 1. The number of aromatic nitrogens is 1. The van der Waals surface area contributed by atoms with E-state index in [9.17, 15) is 22.8 Å². The predicted octanol–water partition coefficient (Wildman–Crippen LogP) is 1.42. The lowest BCUT2D eigenvalue weighted by atomic mass is 10.0. The molecule has 0 spiro atoms. The molecule has 3 rings (SSSR count). The fourth-order valence-corrected chi connectivity index (χ4v) is 4.40. The summed E-state index contributed by atoms with van der Waals surface area (Å²) in [6.07, 6.45) is 2.97. The number of hydrogen-bond acceptors (Lipinski definition) is 7. The monoisotopic (exact) mass is 494 g/mol. The molecule has 4 N–H and O–H groups in total. The summed E-state index contributed by atoms with van der Waals surface area (Å²) in [5.41, 5.74) is 6.02. The first kappa shape index (κ1) is 25.3. The van der Waals surface area contributed by atoms with Gasteiger partial charge in [-0.3, -0.25) is 9.59 Å². The van der Waals surface area contributed by atoms with E-state index in [2.05, 4.69) is 10.3 Å². The number of rotatable bonds is 7. The van der Waals surface area contributed by atoms with Gasteiger partial charge in [0.2, 0.25) is 11.8 Å². The normalized spacial score (nSPS) is 17.4. The van der Waals surface area contributed by atoms with Crippen LogP contribution in [0.25, 0.3) is 10.9 Å². The topological polar surface area (TPSA) is 161 Å². The van der Waals surface area contributed by atoms with Crippen LogP contribution < -0.4 is 15.2 Å². The molecule has 1 aliphatic rings. The van der Waals surface area contributed by atoms with E-state index in [0.29, 0.717) is 35.9 Å². The van der Waals surface area contributed by atoms with Crippen molar-refractivity contribution in [2.24, 2.45) is 5.73 Å². The lowest BCUT2D eigenvalue weighted by Gasteiger charge is -2.28. The number of benzene rings is 1. The summed E-state index contributed by atoms with van der Waals surface area (Å²) in [5.74, 6) is -0.936. The third-order valence-corrected chi connectivity index (χ3v) is 5.76. The summed E-state index contributed by atoms with van der Waals surface area (Å²) < 4.78 is 33.3. The molecule has 186 valence electrons. The number of carbonyl (C=O) groups excluding carboxylic acids is 3. The molecule has 1 aliphatic heterocycles. The minimum Gasteiger partial charge on any atom is -0.444 e. The molecule has 1 fully saturated rings. The molecule has 0 saturated carbocycles. The highest BCUT2D eigenvalue weighted by atomic mass is 32.2. The Morgan fingerprint density at radius 2 is 2.00 bits per heavy atom. The van der Waals surface area contributed by atoms with Crippen molar-refractivity contribution >= 4 is 38.9 Å². The number of alkyl carbamates (subject to hydrolysis) is 1. The maximum absolute atomic E-state index is 13.4. The molecule has 1 saturated heterocycles. The van der Waals surface area contributed by atoms with E-state index in [4.69, 9.17) is 14.7 Å². The SMILES string of the molecule is CC(C)(C)OC(=O)NC(Cc1c[nH]c2ccc(OS(C)(=O)=O)cc12)C(=O)N1CCCC1C(N)=O. The van der Waals surface area contributed by atoms with Crippen LogP contribution in [0.15, 0.2) is 24.4 Å². The molecule has 12 heteroatoms. The smallest absolute Gasteiger partial charge is 0.408 e. The summed E-state index contributed by atoms with van der Waals surface area (Å²) in [4.78, 5) is 42.2. The van der Waals surface area contributed by atoms with Gasteiger partial charge in [0.15, 0.2) is 0 Å². The molecule has 2 unspecified atom stereocenters. The quantitative estimate of drug-likeness (QED) is 0.490. The molecule has 1 aromatic heterocycles. The average Bonchev–Trinajstić information content (AvgIpc) is 3.31. The van der Waals surface area contributed by atoms with Crippen LogP contribution >= 0.6 is 0 Å². The molecular formula is C22H30N4O7S. The van der Waals surface area contributed by atoms with E-state index in [1.807, 2.05) is 0 Å². The number of H-pyrrole nitrogens is 1. The summed E-state index contributed by atoms with van der Waals surface area (Å²) in [7, 11) is -3.73. The summed E-state index contributed by atoms with van der Waals surface area (Å²) >= 11 is 0. The Hall–Kier alpha value is -3.28. The number of nitrogens with two attached hydrogens (primary N) is 1. The van der Waals surface area contributed by atoms with Crippen LogP contribution in [0, 0.1) is 0 Å². The maximum Gasteiger partial charge on any atom is 0.408 e. The highest BCUT2D eigenvalue weighted by Crippen LogP contribution is 2.27. The minimum absolute atomic E-state index is 0.0579. The molecule has 0 bridgehead atoms. The van der Waals surface area contributed by atoms with Crippen molar-refractivity contribution in [3.63, 3.8) is 0 Å². The third-order valence-electron chi connectivity index (χ3n) is 5.26. The number of carbonyl (C=O) groups is 3. The average molecular weight is 495 g/mol. The minimum atomic E-state index is -3.73. The Bertz CT molecular complexity index is 1200. The number of aromatic amines is 1. The summed E-state index contributed by atoms with van der Waals surface area (Å²) in [6, 6.07) is 2.91. The number of fused-ring (bicyclic) bond motifs is 1. The molecule has 0 radical (unpaired) electrons. The third kappa shape index (κ3) is 6.40. The van der Waals surface area contributed by atoms with E-state index in [1.165, 1.54) is 11.0 Å². The number of amides is 3. The molecule has 3 amide bonds. The number of ether oxygens (including phenoxy) is 1.